The molecule has 0 bridgehead atoms. The van der Waals surface area contributed by atoms with Crippen LogP contribution in [0, 0.1) is 0 Å². The van der Waals surface area contributed by atoms with Crippen LogP contribution < -0.4 is 9.64 Å². The number of hydrogen-bond acceptors (Lipinski definition) is 5. The Kier molecular flexibility index (Phi) is 12.3. The van der Waals surface area contributed by atoms with Gasteiger partial charge in [0.25, 0.3) is 0 Å². The summed E-state index contributed by atoms with van der Waals surface area (Å²) in [4.78, 5) is 5.98. The summed E-state index contributed by atoms with van der Waals surface area (Å²) in [5.41, 5.74) is 1.94. The zero-order valence-corrected chi connectivity index (χ0v) is 22.1. The Morgan fingerprint density at radius 1 is 1.03 bits per heavy atom. The number of benzene rings is 2. The summed E-state index contributed by atoms with van der Waals surface area (Å²) in [5, 5.41) is 11.1. The van der Waals surface area contributed by atoms with Crippen molar-refractivity contribution in [3.63, 3.8) is 0 Å². The van der Waals surface area contributed by atoms with Gasteiger partial charge in [0, 0.05) is 43.8 Å². The molecule has 4 nitrogen and oxygen atoms in total. The number of halogens is 2. The maximum atomic E-state index is 11.1. The van der Waals surface area contributed by atoms with E-state index in [9.17, 15) is 5.11 Å². The van der Waals surface area contributed by atoms with Crippen LogP contribution in [0.1, 0.15) is 38.7 Å². The number of hydrogen-bond donors (Lipinski definition) is 1. The van der Waals surface area contributed by atoms with Gasteiger partial charge in [-0.15, -0.1) is 36.6 Å². The van der Waals surface area contributed by atoms with E-state index in [0.29, 0.717) is 0 Å². The lowest BCUT2D eigenvalue weighted by molar-refractivity contribution is -0.0275. The molecule has 180 valence electrons. The monoisotopic (exact) mass is 500 g/mol. The standard InChI is InChI=1S/C25H36N2O2S.2ClH/c1-20(2)29-23-9-7-22(8-10-23)26(3)16-13-25(28)14-17-27(18-15-25)19-21-5-11-24(30-4)12-6-21;;/h5-12,20,28H,13-19H2,1-4H3;2*1H. The van der Waals surface area contributed by atoms with Crippen LogP contribution in [0.15, 0.2) is 53.4 Å². The molecule has 2 aromatic carbocycles. The second-order valence-corrected chi connectivity index (χ2v) is 9.56. The molecule has 3 rings (SSSR count). The van der Waals surface area contributed by atoms with Gasteiger partial charge in [0.1, 0.15) is 5.75 Å². The Bertz CT molecular complexity index is 780. The Balaban J connectivity index is 0.00000256. The fraction of sp³-hybridized carbons (Fsp3) is 0.520. The largest absolute Gasteiger partial charge is 0.491 e. The molecule has 1 heterocycles. The van der Waals surface area contributed by atoms with Crippen LogP contribution in [0.25, 0.3) is 0 Å². The number of piperidine rings is 1. The molecule has 32 heavy (non-hydrogen) atoms. The topological polar surface area (TPSA) is 35.9 Å². The molecule has 0 aliphatic carbocycles. The minimum Gasteiger partial charge on any atom is -0.491 e. The lowest BCUT2D eigenvalue weighted by Gasteiger charge is -2.39. The summed E-state index contributed by atoms with van der Waals surface area (Å²) in [5.74, 6) is 0.899. The van der Waals surface area contributed by atoms with Gasteiger partial charge in [-0.3, -0.25) is 4.90 Å². The zero-order valence-electron chi connectivity index (χ0n) is 19.6. The predicted octanol–water partition coefficient (Wildman–Crippen LogP) is 5.89. The lowest BCUT2D eigenvalue weighted by Crippen LogP contribution is -2.45. The molecule has 0 saturated carbocycles. The first-order chi connectivity index (χ1) is 14.4. The van der Waals surface area contributed by atoms with Crippen LogP contribution in [0.3, 0.4) is 0 Å². The fourth-order valence-electron chi connectivity index (χ4n) is 3.92. The van der Waals surface area contributed by atoms with Crippen LogP contribution in [0.4, 0.5) is 5.69 Å². The van der Waals surface area contributed by atoms with Gasteiger partial charge < -0.3 is 14.7 Å². The Labute approximate surface area is 210 Å². The Morgan fingerprint density at radius 3 is 2.16 bits per heavy atom. The van der Waals surface area contributed by atoms with Crippen molar-refractivity contribution < 1.29 is 9.84 Å². The smallest absolute Gasteiger partial charge is 0.119 e. The molecule has 0 amide bonds. The van der Waals surface area contributed by atoms with Crippen molar-refractivity contribution >= 4 is 42.3 Å². The van der Waals surface area contributed by atoms with E-state index in [1.807, 2.05) is 26.0 Å². The number of anilines is 1. The number of nitrogens with zero attached hydrogens (tertiary/aromatic N) is 2. The number of aliphatic hydroxyl groups is 1. The molecule has 0 atom stereocenters. The highest BCUT2D eigenvalue weighted by Gasteiger charge is 2.32. The van der Waals surface area contributed by atoms with E-state index in [2.05, 4.69) is 59.5 Å². The first kappa shape index (κ1) is 28.9. The van der Waals surface area contributed by atoms with Crippen molar-refractivity contribution in [2.24, 2.45) is 0 Å². The van der Waals surface area contributed by atoms with Crippen LogP contribution in [-0.4, -0.2) is 54.6 Å². The van der Waals surface area contributed by atoms with E-state index in [1.165, 1.54) is 10.5 Å². The van der Waals surface area contributed by atoms with Gasteiger partial charge in [0.05, 0.1) is 11.7 Å². The predicted molar refractivity (Wildman–Crippen MR) is 142 cm³/mol. The molecule has 1 fully saturated rings. The van der Waals surface area contributed by atoms with E-state index in [-0.39, 0.29) is 30.9 Å². The summed E-state index contributed by atoms with van der Waals surface area (Å²) in [6, 6.07) is 17.0. The van der Waals surface area contributed by atoms with Crippen molar-refractivity contribution in [3.05, 3.63) is 54.1 Å². The summed E-state index contributed by atoms with van der Waals surface area (Å²) in [7, 11) is 2.09. The van der Waals surface area contributed by atoms with Gasteiger partial charge in [-0.2, -0.15) is 0 Å². The minimum atomic E-state index is -0.561. The zero-order chi connectivity index (χ0) is 21.6. The van der Waals surface area contributed by atoms with E-state index >= 15 is 0 Å². The van der Waals surface area contributed by atoms with E-state index in [0.717, 1.165) is 56.9 Å². The molecule has 1 N–H and O–H groups in total. The maximum absolute atomic E-state index is 11.1. The maximum Gasteiger partial charge on any atom is 0.119 e. The molecule has 0 spiro atoms. The molecule has 1 saturated heterocycles. The molecule has 0 unspecified atom stereocenters. The van der Waals surface area contributed by atoms with Crippen molar-refractivity contribution in [1.82, 2.24) is 4.90 Å². The number of thioether (sulfide) groups is 1. The van der Waals surface area contributed by atoms with Gasteiger partial charge >= 0.3 is 0 Å². The van der Waals surface area contributed by atoms with Gasteiger partial charge in [-0.05, 0) is 81.3 Å². The normalized spacial score (nSPS) is 15.6. The van der Waals surface area contributed by atoms with E-state index in [1.54, 1.807) is 11.8 Å². The molecule has 7 heteroatoms. The lowest BCUT2D eigenvalue weighted by atomic mass is 9.88. The van der Waals surface area contributed by atoms with Gasteiger partial charge in [0.15, 0.2) is 0 Å². The molecule has 1 aliphatic heterocycles. The highest BCUT2D eigenvalue weighted by Crippen LogP contribution is 2.28. The summed E-state index contributed by atoms with van der Waals surface area (Å²) >= 11 is 1.78. The third kappa shape index (κ3) is 8.68. The molecule has 0 aromatic heterocycles. The van der Waals surface area contributed by atoms with Crippen molar-refractivity contribution in [1.29, 1.82) is 0 Å². The van der Waals surface area contributed by atoms with Crippen LogP contribution in [-0.2, 0) is 6.54 Å². The molecular formula is C25H38Cl2N2O2S. The highest BCUT2D eigenvalue weighted by molar-refractivity contribution is 7.98. The van der Waals surface area contributed by atoms with Crippen LogP contribution in [0.5, 0.6) is 5.75 Å². The van der Waals surface area contributed by atoms with Gasteiger partial charge in [-0.1, -0.05) is 12.1 Å². The fourth-order valence-corrected chi connectivity index (χ4v) is 4.33. The third-order valence-electron chi connectivity index (χ3n) is 5.91. The Hall–Kier alpha value is -1.11. The second kappa shape index (κ2) is 13.6. The van der Waals surface area contributed by atoms with Crippen molar-refractivity contribution in [3.8, 4) is 5.75 Å². The van der Waals surface area contributed by atoms with Crippen molar-refractivity contribution in [2.75, 3.05) is 37.8 Å². The Morgan fingerprint density at radius 2 is 1.62 bits per heavy atom. The average Bonchev–Trinajstić information content (AvgIpc) is 2.75. The number of ether oxygens (including phenoxy) is 1. The highest BCUT2D eigenvalue weighted by atomic mass is 35.5. The summed E-state index contributed by atoms with van der Waals surface area (Å²) in [6.07, 6.45) is 4.76. The van der Waals surface area contributed by atoms with Gasteiger partial charge in [0.2, 0.25) is 0 Å². The minimum absolute atomic E-state index is 0. The first-order valence-electron chi connectivity index (χ1n) is 10.9. The van der Waals surface area contributed by atoms with E-state index < -0.39 is 5.60 Å². The third-order valence-corrected chi connectivity index (χ3v) is 6.66. The summed E-state index contributed by atoms with van der Waals surface area (Å²) < 4.78 is 5.72. The molecule has 1 aliphatic rings. The number of likely N-dealkylation sites (tertiary alicyclic amines) is 1. The van der Waals surface area contributed by atoms with Crippen LogP contribution >= 0.6 is 36.6 Å². The number of rotatable bonds is 9. The van der Waals surface area contributed by atoms with Crippen molar-refractivity contribution in [2.45, 2.75) is 56.3 Å². The molecular weight excluding hydrogens is 463 g/mol. The molecule has 0 radical (unpaired) electrons. The van der Waals surface area contributed by atoms with E-state index in [4.69, 9.17) is 4.74 Å². The quantitative estimate of drug-likeness (QED) is 0.434. The summed E-state index contributed by atoms with van der Waals surface area (Å²) in [6.45, 7) is 7.78. The van der Waals surface area contributed by atoms with Gasteiger partial charge in [-0.25, -0.2) is 0 Å². The first-order valence-corrected chi connectivity index (χ1v) is 12.1. The second-order valence-electron chi connectivity index (χ2n) is 8.68. The molecule has 2 aromatic rings. The average molecular weight is 502 g/mol. The van der Waals surface area contributed by atoms with Crippen LogP contribution in [0.2, 0.25) is 0 Å². The SMILES string of the molecule is CSc1ccc(CN2CCC(O)(CCN(C)c3ccc(OC(C)C)cc3)CC2)cc1.Cl.Cl.